The Morgan fingerprint density at radius 1 is 1.38 bits per heavy atom. The third-order valence-electron chi connectivity index (χ3n) is 5.10. The van der Waals surface area contributed by atoms with E-state index in [2.05, 4.69) is 28.2 Å². The zero-order chi connectivity index (χ0) is 18.1. The molecule has 6 nitrogen and oxygen atoms in total. The van der Waals surface area contributed by atoms with E-state index < -0.39 is 0 Å². The number of nitrogens with one attached hydrogen (secondary N) is 1. The first-order valence-corrected chi connectivity index (χ1v) is 10.0. The van der Waals surface area contributed by atoms with Crippen molar-refractivity contribution in [3.8, 4) is 0 Å². The minimum Gasteiger partial charge on any atom is -0.341 e. The summed E-state index contributed by atoms with van der Waals surface area (Å²) in [5.74, 6) is 1.89. The standard InChI is InChI=1S/C19H23N5OS/c1-3-24(18-20-12-17-15(21-18)9-11-26-17)10-8-16-13-6-4-5-7-14(13)22-19(25)23(16)2/h4-7,12,16H,3,8-11H2,1-2H3,(H,22,25). The summed E-state index contributed by atoms with van der Waals surface area (Å²) < 4.78 is 0. The molecule has 26 heavy (non-hydrogen) atoms. The number of amides is 2. The molecule has 0 aliphatic carbocycles. The van der Waals surface area contributed by atoms with Gasteiger partial charge in [0.25, 0.3) is 0 Å². The van der Waals surface area contributed by atoms with Crippen LogP contribution in [0.5, 0.6) is 0 Å². The Morgan fingerprint density at radius 3 is 3.08 bits per heavy atom. The highest BCUT2D eigenvalue weighted by Gasteiger charge is 2.29. The Kier molecular flexibility index (Phi) is 4.72. The Bertz CT molecular complexity index is 827. The molecular formula is C19H23N5OS. The number of nitrogens with zero attached hydrogens (tertiary/aromatic N) is 4. The van der Waals surface area contributed by atoms with Gasteiger partial charge in [0, 0.05) is 49.1 Å². The smallest absolute Gasteiger partial charge is 0.322 e. The van der Waals surface area contributed by atoms with Crippen molar-refractivity contribution in [3.05, 3.63) is 41.7 Å². The van der Waals surface area contributed by atoms with Crippen molar-refractivity contribution >= 4 is 29.4 Å². The highest BCUT2D eigenvalue weighted by molar-refractivity contribution is 7.99. The quantitative estimate of drug-likeness (QED) is 0.873. The summed E-state index contributed by atoms with van der Waals surface area (Å²) in [4.78, 5) is 26.8. The number of rotatable bonds is 5. The van der Waals surface area contributed by atoms with Crippen LogP contribution in [-0.2, 0) is 6.42 Å². The monoisotopic (exact) mass is 369 g/mol. The lowest BCUT2D eigenvalue weighted by Gasteiger charge is -2.36. The van der Waals surface area contributed by atoms with Gasteiger partial charge in [0.2, 0.25) is 5.95 Å². The summed E-state index contributed by atoms with van der Waals surface area (Å²) in [6.45, 7) is 3.77. The largest absolute Gasteiger partial charge is 0.341 e. The van der Waals surface area contributed by atoms with E-state index in [1.165, 1.54) is 4.90 Å². The molecule has 0 saturated heterocycles. The molecule has 0 spiro atoms. The van der Waals surface area contributed by atoms with E-state index in [1.54, 1.807) is 4.90 Å². The molecule has 2 aliphatic heterocycles. The molecule has 7 heteroatoms. The molecule has 4 rings (SSSR count). The van der Waals surface area contributed by atoms with Gasteiger partial charge in [0.15, 0.2) is 0 Å². The van der Waals surface area contributed by atoms with Crippen LogP contribution in [0, 0.1) is 0 Å². The normalized spacial score (nSPS) is 18.3. The maximum absolute atomic E-state index is 12.3. The lowest BCUT2D eigenvalue weighted by molar-refractivity contribution is 0.198. The third-order valence-corrected chi connectivity index (χ3v) is 6.16. The van der Waals surface area contributed by atoms with Gasteiger partial charge in [0.1, 0.15) is 0 Å². The second kappa shape index (κ2) is 7.15. The molecule has 1 N–H and O–H groups in total. The molecule has 3 heterocycles. The first kappa shape index (κ1) is 17.1. The van der Waals surface area contributed by atoms with Crippen LogP contribution >= 0.6 is 11.8 Å². The van der Waals surface area contributed by atoms with Crippen LogP contribution in [0.1, 0.15) is 30.6 Å². The second-order valence-corrected chi connectivity index (χ2v) is 7.73. The van der Waals surface area contributed by atoms with Gasteiger partial charge in [-0.1, -0.05) is 18.2 Å². The molecule has 1 atom stereocenters. The lowest BCUT2D eigenvalue weighted by Crippen LogP contribution is -2.41. The predicted octanol–water partition coefficient (Wildman–Crippen LogP) is 3.56. The zero-order valence-corrected chi connectivity index (χ0v) is 15.9. The van der Waals surface area contributed by atoms with Crippen molar-refractivity contribution < 1.29 is 4.79 Å². The Labute approximate surface area is 158 Å². The number of fused-ring (bicyclic) bond motifs is 2. The third kappa shape index (κ3) is 3.11. The van der Waals surface area contributed by atoms with Crippen LogP contribution in [0.25, 0.3) is 0 Å². The van der Waals surface area contributed by atoms with Crippen molar-refractivity contribution in [2.24, 2.45) is 0 Å². The number of carbonyl (C=O) groups excluding carboxylic acids is 1. The van der Waals surface area contributed by atoms with Crippen molar-refractivity contribution in [1.82, 2.24) is 14.9 Å². The fraction of sp³-hybridized carbons (Fsp3) is 0.421. The molecule has 0 fully saturated rings. The molecular weight excluding hydrogens is 346 g/mol. The molecule has 2 amide bonds. The maximum atomic E-state index is 12.3. The summed E-state index contributed by atoms with van der Waals surface area (Å²) in [5.41, 5.74) is 3.24. The average molecular weight is 369 g/mol. The number of hydrogen-bond acceptors (Lipinski definition) is 5. The zero-order valence-electron chi connectivity index (χ0n) is 15.1. The SMILES string of the molecule is CCN(CCC1c2ccccc2NC(=O)N1C)c1ncc2c(n1)CCS2. The predicted molar refractivity (Wildman–Crippen MR) is 105 cm³/mol. The summed E-state index contributed by atoms with van der Waals surface area (Å²) in [6.07, 6.45) is 3.81. The molecule has 2 aromatic rings. The molecule has 2 aliphatic rings. The van der Waals surface area contributed by atoms with Crippen LogP contribution in [0.4, 0.5) is 16.4 Å². The van der Waals surface area contributed by atoms with Gasteiger partial charge in [-0.3, -0.25) is 0 Å². The number of thioether (sulfide) groups is 1. The molecule has 136 valence electrons. The summed E-state index contributed by atoms with van der Waals surface area (Å²) in [6, 6.07) is 8.04. The van der Waals surface area contributed by atoms with E-state index in [1.807, 2.05) is 43.2 Å². The van der Waals surface area contributed by atoms with E-state index in [0.717, 1.165) is 54.6 Å². The van der Waals surface area contributed by atoms with Gasteiger partial charge in [0.05, 0.1) is 11.7 Å². The number of para-hydroxylation sites is 1. The topological polar surface area (TPSA) is 61.4 Å². The van der Waals surface area contributed by atoms with E-state index in [-0.39, 0.29) is 12.1 Å². The van der Waals surface area contributed by atoms with Crippen LogP contribution < -0.4 is 10.2 Å². The van der Waals surface area contributed by atoms with Crippen LogP contribution in [0.2, 0.25) is 0 Å². The molecule has 0 saturated carbocycles. The average Bonchev–Trinajstić information content (AvgIpc) is 3.13. The van der Waals surface area contributed by atoms with Crippen molar-refractivity contribution in [3.63, 3.8) is 0 Å². The van der Waals surface area contributed by atoms with Gasteiger partial charge >= 0.3 is 6.03 Å². The molecule has 0 bridgehead atoms. The highest BCUT2D eigenvalue weighted by Crippen LogP contribution is 2.34. The molecule has 1 unspecified atom stereocenters. The van der Waals surface area contributed by atoms with E-state index in [9.17, 15) is 4.79 Å². The Morgan fingerprint density at radius 2 is 2.23 bits per heavy atom. The van der Waals surface area contributed by atoms with E-state index in [0.29, 0.717) is 0 Å². The number of aromatic nitrogens is 2. The lowest BCUT2D eigenvalue weighted by atomic mass is 9.98. The minimum atomic E-state index is -0.0532. The van der Waals surface area contributed by atoms with Crippen LogP contribution in [0.3, 0.4) is 0 Å². The van der Waals surface area contributed by atoms with Gasteiger partial charge in [-0.25, -0.2) is 14.8 Å². The maximum Gasteiger partial charge on any atom is 0.322 e. The number of hydrogen-bond donors (Lipinski definition) is 1. The second-order valence-electron chi connectivity index (χ2n) is 6.59. The number of urea groups is 1. The highest BCUT2D eigenvalue weighted by atomic mass is 32.2. The first-order chi connectivity index (χ1) is 12.7. The number of anilines is 2. The molecule has 0 radical (unpaired) electrons. The Balaban J connectivity index is 1.52. The van der Waals surface area contributed by atoms with Crippen molar-refractivity contribution in [2.45, 2.75) is 30.7 Å². The van der Waals surface area contributed by atoms with Gasteiger partial charge in [-0.15, -0.1) is 11.8 Å². The summed E-state index contributed by atoms with van der Waals surface area (Å²) >= 11 is 1.83. The number of benzene rings is 1. The van der Waals surface area contributed by atoms with Gasteiger partial charge < -0.3 is 15.1 Å². The summed E-state index contributed by atoms with van der Waals surface area (Å²) in [7, 11) is 1.86. The minimum absolute atomic E-state index is 0.0532. The van der Waals surface area contributed by atoms with Crippen molar-refractivity contribution in [2.75, 3.05) is 36.1 Å². The molecule has 1 aromatic heterocycles. The molecule has 1 aromatic carbocycles. The Hall–Kier alpha value is -2.28. The fourth-order valence-corrected chi connectivity index (χ4v) is 4.54. The number of aryl methyl sites for hydroxylation is 1. The van der Waals surface area contributed by atoms with Crippen LogP contribution in [0.15, 0.2) is 35.4 Å². The van der Waals surface area contributed by atoms with E-state index >= 15 is 0 Å². The fourth-order valence-electron chi connectivity index (χ4n) is 3.59. The van der Waals surface area contributed by atoms with Gasteiger partial charge in [-0.05, 0) is 25.0 Å². The number of carbonyl (C=O) groups is 1. The summed E-state index contributed by atoms with van der Waals surface area (Å²) in [5, 5.41) is 2.95. The van der Waals surface area contributed by atoms with Gasteiger partial charge in [-0.2, -0.15) is 0 Å². The first-order valence-electron chi connectivity index (χ1n) is 9.03. The van der Waals surface area contributed by atoms with Crippen molar-refractivity contribution in [1.29, 1.82) is 0 Å². The van der Waals surface area contributed by atoms with Crippen LogP contribution in [-0.4, -0.2) is 46.8 Å². The van der Waals surface area contributed by atoms with E-state index in [4.69, 9.17) is 4.98 Å².